The lowest BCUT2D eigenvalue weighted by atomic mass is 9.77. The van der Waals surface area contributed by atoms with E-state index in [-0.39, 0.29) is 5.97 Å². The predicted octanol–water partition coefficient (Wildman–Crippen LogP) is 8.49. The lowest BCUT2D eigenvalue weighted by Gasteiger charge is -2.37. The summed E-state index contributed by atoms with van der Waals surface area (Å²) in [6.07, 6.45) is 2.31. The quantitative estimate of drug-likeness (QED) is 0.242. The Bertz CT molecular complexity index is 1610. The Morgan fingerprint density at radius 1 is 0.875 bits per heavy atom. The van der Waals surface area contributed by atoms with Gasteiger partial charge in [-0.25, -0.2) is 4.79 Å². The Balaban J connectivity index is 1.48. The van der Waals surface area contributed by atoms with E-state index in [1.165, 1.54) is 12.0 Å². The summed E-state index contributed by atoms with van der Waals surface area (Å²) in [5.41, 5.74) is 7.23. The van der Waals surface area contributed by atoms with E-state index in [1.54, 1.807) is 0 Å². The largest absolute Gasteiger partial charge is 0.456 e. The summed E-state index contributed by atoms with van der Waals surface area (Å²) in [4.78, 5) is 15.6. The van der Waals surface area contributed by atoms with Crippen molar-refractivity contribution in [2.24, 2.45) is 5.92 Å². The third-order valence-corrected chi connectivity index (χ3v) is 8.06. The lowest BCUT2D eigenvalue weighted by Crippen LogP contribution is -2.33. The molecular weight excluding hydrogens is 496 g/mol. The number of benzene rings is 4. The number of carbonyl (C=O) groups is 1. The minimum Gasteiger partial charge on any atom is -0.456 e. The molecule has 40 heavy (non-hydrogen) atoms. The van der Waals surface area contributed by atoms with Gasteiger partial charge in [0.2, 0.25) is 0 Å². The molecule has 6 rings (SSSR count). The Hall–Kier alpha value is -4.25. The summed E-state index contributed by atoms with van der Waals surface area (Å²) in [7, 11) is 2.12. The van der Waals surface area contributed by atoms with Crippen molar-refractivity contribution in [2.45, 2.75) is 46.1 Å². The molecule has 5 heteroatoms. The second-order valence-electron chi connectivity index (χ2n) is 11.5. The smallest absolute Gasteiger partial charge is 0.340 e. The zero-order chi connectivity index (χ0) is 28.0. The number of rotatable bonds is 7. The molecule has 5 nitrogen and oxygen atoms in total. The number of esters is 1. The third-order valence-electron chi connectivity index (χ3n) is 8.06. The topological polar surface area (TPSA) is 50.8 Å². The van der Waals surface area contributed by atoms with E-state index in [0.717, 1.165) is 52.3 Å². The number of nitrogens with zero attached hydrogens (tertiary/aromatic N) is 1. The zero-order valence-electron chi connectivity index (χ0n) is 23.9. The van der Waals surface area contributed by atoms with Crippen LogP contribution in [0.4, 0.5) is 17.1 Å². The fraction of sp³-hybridized carbons (Fsp3) is 0.286. The van der Waals surface area contributed by atoms with Gasteiger partial charge in [-0.1, -0.05) is 44.2 Å². The number of hydrogen-bond donors (Lipinski definition) is 1. The van der Waals surface area contributed by atoms with Crippen LogP contribution in [0.1, 0.15) is 64.9 Å². The number of hydrogen-bond acceptors (Lipinski definition) is 5. The maximum Gasteiger partial charge on any atom is 0.340 e. The molecule has 4 aromatic carbocycles. The number of nitrogens with one attached hydrogen (secondary N) is 1. The van der Waals surface area contributed by atoms with Crippen LogP contribution in [0.25, 0.3) is 0 Å². The van der Waals surface area contributed by atoms with Crippen LogP contribution in [0.5, 0.6) is 11.5 Å². The van der Waals surface area contributed by atoms with Gasteiger partial charge in [-0.05, 0) is 86.2 Å². The first-order valence-electron chi connectivity index (χ1n) is 14.1. The summed E-state index contributed by atoms with van der Waals surface area (Å²) in [6, 6.07) is 26.4. The van der Waals surface area contributed by atoms with Crippen LogP contribution >= 0.6 is 0 Å². The van der Waals surface area contributed by atoms with E-state index in [1.807, 2.05) is 36.4 Å². The van der Waals surface area contributed by atoms with Gasteiger partial charge in [0.1, 0.15) is 11.5 Å². The van der Waals surface area contributed by atoms with Crippen LogP contribution in [0.2, 0.25) is 0 Å². The van der Waals surface area contributed by atoms with Crippen molar-refractivity contribution in [3.8, 4) is 11.5 Å². The van der Waals surface area contributed by atoms with E-state index in [9.17, 15) is 4.79 Å². The average molecular weight is 533 g/mol. The minimum atomic E-state index is -1.10. The van der Waals surface area contributed by atoms with Crippen molar-refractivity contribution < 1.29 is 14.3 Å². The molecule has 4 aromatic rings. The molecule has 1 unspecified atom stereocenters. The van der Waals surface area contributed by atoms with Gasteiger partial charge in [0.25, 0.3) is 0 Å². The average Bonchev–Trinajstić information content (AvgIpc) is 3.22. The first-order valence-corrected chi connectivity index (χ1v) is 14.1. The molecule has 204 valence electrons. The maximum atomic E-state index is 13.3. The predicted molar refractivity (Wildman–Crippen MR) is 161 cm³/mol. The second-order valence-corrected chi connectivity index (χ2v) is 11.5. The Labute approximate surface area is 236 Å². The third kappa shape index (κ3) is 4.40. The van der Waals surface area contributed by atoms with Crippen molar-refractivity contribution in [1.82, 2.24) is 0 Å². The lowest BCUT2D eigenvalue weighted by molar-refractivity contribution is 0.0224. The van der Waals surface area contributed by atoms with Crippen LogP contribution in [0.3, 0.4) is 0 Å². The Kier molecular flexibility index (Phi) is 6.53. The standard InChI is InChI=1S/C35H36N2O3/c1-22(2)10-9-17-37(5)26-15-16-29-33(20-26)39-32-19-24(4)31(36-25-12-8-11-23(3)18-25)21-30(32)35(29)28-14-7-6-13-27(28)34(38)40-35/h6-8,11-16,18-22,36H,9-10,17H2,1-5H3. The van der Waals surface area contributed by atoms with Gasteiger partial charge in [-0.2, -0.15) is 0 Å². The maximum absolute atomic E-state index is 13.3. The second kappa shape index (κ2) is 10.1. The minimum absolute atomic E-state index is 0.321. The molecule has 2 aliphatic rings. The highest BCUT2D eigenvalue weighted by atomic mass is 16.6. The molecule has 1 spiro atoms. The van der Waals surface area contributed by atoms with Crippen LogP contribution < -0.4 is 15.0 Å². The van der Waals surface area contributed by atoms with Gasteiger partial charge in [-0.3, -0.25) is 0 Å². The number of fused-ring (bicyclic) bond motifs is 6. The molecule has 0 bridgehead atoms. The highest BCUT2D eigenvalue weighted by Crippen LogP contribution is 2.57. The van der Waals surface area contributed by atoms with Gasteiger partial charge in [0.05, 0.1) is 5.56 Å². The molecule has 0 aromatic heterocycles. The van der Waals surface area contributed by atoms with Crippen LogP contribution in [0, 0.1) is 19.8 Å². The van der Waals surface area contributed by atoms with E-state index >= 15 is 0 Å². The van der Waals surface area contributed by atoms with E-state index in [0.29, 0.717) is 23.0 Å². The monoisotopic (exact) mass is 532 g/mol. The van der Waals surface area contributed by atoms with Gasteiger partial charge in [-0.15, -0.1) is 0 Å². The van der Waals surface area contributed by atoms with Gasteiger partial charge >= 0.3 is 5.97 Å². The molecule has 2 heterocycles. The van der Waals surface area contributed by atoms with Crippen molar-refractivity contribution in [3.63, 3.8) is 0 Å². The molecule has 0 fully saturated rings. The van der Waals surface area contributed by atoms with Gasteiger partial charge < -0.3 is 19.7 Å². The molecule has 1 atom stereocenters. The van der Waals surface area contributed by atoms with Crippen molar-refractivity contribution in [3.05, 3.63) is 112 Å². The molecule has 0 saturated heterocycles. The summed E-state index contributed by atoms with van der Waals surface area (Å²) < 4.78 is 13.0. The highest BCUT2D eigenvalue weighted by molar-refractivity contribution is 5.97. The van der Waals surface area contributed by atoms with Crippen LogP contribution in [0.15, 0.2) is 78.9 Å². The molecule has 0 amide bonds. The fourth-order valence-electron chi connectivity index (χ4n) is 5.92. The summed E-state index contributed by atoms with van der Waals surface area (Å²) >= 11 is 0. The number of carbonyl (C=O) groups excluding carboxylic acids is 1. The zero-order valence-corrected chi connectivity index (χ0v) is 23.9. The van der Waals surface area contributed by atoms with Crippen LogP contribution in [-0.2, 0) is 10.3 Å². The fourth-order valence-corrected chi connectivity index (χ4v) is 5.92. The van der Waals surface area contributed by atoms with E-state index in [4.69, 9.17) is 9.47 Å². The number of ether oxygens (including phenoxy) is 2. The summed E-state index contributed by atoms with van der Waals surface area (Å²) in [6.45, 7) is 9.62. The molecule has 0 aliphatic carbocycles. The van der Waals surface area contributed by atoms with Gasteiger partial charge in [0.15, 0.2) is 5.60 Å². The van der Waals surface area contributed by atoms with Crippen molar-refractivity contribution in [2.75, 3.05) is 23.8 Å². The molecule has 0 radical (unpaired) electrons. The first kappa shape index (κ1) is 26.0. The number of aryl methyl sites for hydroxylation is 2. The summed E-state index contributed by atoms with van der Waals surface area (Å²) in [5, 5.41) is 3.58. The normalized spacial score (nSPS) is 16.7. The molecular formula is C35H36N2O3. The number of anilines is 3. The highest BCUT2D eigenvalue weighted by Gasteiger charge is 2.53. The molecule has 0 saturated carbocycles. The first-order chi connectivity index (χ1) is 19.3. The Morgan fingerprint density at radius 3 is 2.48 bits per heavy atom. The Morgan fingerprint density at radius 2 is 1.68 bits per heavy atom. The molecule has 1 N–H and O–H groups in total. The van der Waals surface area contributed by atoms with E-state index < -0.39 is 5.60 Å². The van der Waals surface area contributed by atoms with Gasteiger partial charge in [0, 0.05) is 53.4 Å². The van der Waals surface area contributed by atoms with Crippen molar-refractivity contribution >= 4 is 23.0 Å². The van der Waals surface area contributed by atoms with E-state index in [2.05, 4.69) is 87.4 Å². The van der Waals surface area contributed by atoms with Crippen LogP contribution in [-0.4, -0.2) is 19.6 Å². The molecule has 2 aliphatic heterocycles. The summed E-state index contributed by atoms with van der Waals surface area (Å²) in [5.74, 6) is 1.77. The van der Waals surface area contributed by atoms with Crippen molar-refractivity contribution in [1.29, 1.82) is 0 Å². The SMILES string of the molecule is Cc1cccc(Nc2cc3c(cc2C)Oc2cc(N(C)CCCC(C)C)ccc2C32OC(=O)c3ccccc32)c1.